The summed E-state index contributed by atoms with van der Waals surface area (Å²) in [7, 11) is 1.44. The molecule has 20 heavy (non-hydrogen) atoms. The maximum atomic E-state index is 12.7. The van der Waals surface area contributed by atoms with Crippen molar-refractivity contribution < 1.29 is 17.7 Å². The van der Waals surface area contributed by atoms with Gasteiger partial charge in [-0.15, -0.1) is 0 Å². The summed E-state index contributed by atoms with van der Waals surface area (Å²) >= 11 is 0. The zero-order valence-corrected chi connectivity index (χ0v) is 10.4. The molecule has 0 spiro atoms. The van der Waals surface area contributed by atoms with Gasteiger partial charge in [0.25, 0.3) is 0 Å². The standard InChI is InChI=1S/C10H11F3N6O/c1-14-9-17-6(10(11,12)13)4-8(18-9)15-3-2-7-16-5-20-19-7/h4-5H,2-3H2,1H3,(H2,14,15,17,18). The van der Waals surface area contributed by atoms with Crippen LogP contribution in [0.4, 0.5) is 24.9 Å². The Morgan fingerprint density at radius 2 is 2.10 bits per heavy atom. The maximum Gasteiger partial charge on any atom is 0.433 e. The van der Waals surface area contributed by atoms with Crippen molar-refractivity contribution in [1.82, 2.24) is 20.1 Å². The predicted molar refractivity (Wildman–Crippen MR) is 63.1 cm³/mol. The Balaban J connectivity index is 2.06. The summed E-state index contributed by atoms with van der Waals surface area (Å²) in [5.74, 6) is 0.415. The molecule has 2 heterocycles. The Bertz CT molecular complexity index is 557. The van der Waals surface area contributed by atoms with Crippen LogP contribution in [0.3, 0.4) is 0 Å². The zero-order valence-electron chi connectivity index (χ0n) is 10.4. The van der Waals surface area contributed by atoms with Crippen LogP contribution in [0.25, 0.3) is 0 Å². The van der Waals surface area contributed by atoms with Crippen molar-refractivity contribution in [3.63, 3.8) is 0 Å². The molecule has 108 valence electrons. The van der Waals surface area contributed by atoms with Gasteiger partial charge in [-0.25, -0.2) is 4.98 Å². The molecular formula is C10H11F3N6O. The highest BCUT2D eigenvalue weighted by atomic mass is 19.4. The van der Waals surface area contributed by atoms with Crippen LogP contribution < -0.4 is 10.6 Å². The van der Waals surface area contributed by atoms with Gasteiger partial charge in [0, 0.05) is 26.1 Å². The van der Waals surface area contributed by atoms with Gasteiger partial charge in [0.15, 0.2) is 11.5 Å². The third-order valence-electron chi connectivity index (χ3n) is 2.30. The third-order valence-corrected chi connectivity index (χ3v) is 2.30. The number of rotatable bonds is 5. The Hall–Kier alpha value is -2.39. The number of nitrogens with one attached hydrogen (secondary N) is 2. The fourth-order valence-corrected chi connectivity index (χ4v) is 1.40. The van der Waals surface area contributed by atoms with Gasteiger partial charge < -0.3 is 15.2 Å². The van der Waals surface area contributed by atoms with E-state index in [1.54, 1.807) is 0 Å². The SMILES string of the molecule is CNc1nc(NCCc2ncon2)cc(C(F)(F)F)n1. The summed E-state index contributed by atoms with van der Waals surface area (Å²) in [5.41, 5.74) is -1.01. The first-order valence-electron chi connectivity index (χ1n) is 5.62. The van der Waals surface area contributed by atoms with Crippen LogP contribution in [-0.4, -0.2) is 33.7 Å². The summed E-state index contributed by atoms with van der Waals surface area (Å²) in [4.78, 5) is 11.0. The minimum atomic E-state index is -4.53. The average Bonchev–Trinajstić information content (AvgIpc) is 2.90. The zero-order chi connectivity index (χ0) is 14.6. The normalized spacial score (nSPS) is 11.4. The first-order valence-corrected chi connectivity index (χ1v) is 5.62. The van der Waals surface area contributed by atoms with E-state index in [1.165, 1.54) is 13.4 Å². The molecule has 0 unspecified atom stereocenters. The van der Waals surface area contributed by atoms with Crippen LogP contribution in [0.15, 0.2) is 17.0 Å². The van der Waals surface area contributed by atoms with Crippen LogP contribution >= 0.6 is 0 Å². The van der Waals surface area contributed by atoms with Crippen LogP contribution in [0.2, 0.25) is 0 Å². The number of anilines is 2. The van der Waals surface area contributed by atoms with E-state index in [1.807, 2.05) is 0 Å². The molecule has 10 heteroatoms. The molecule has 0 aromatic carbocycles. The van der Waals surface area contributed by atoms with Crippen molar-refractivity contribution in [2.24, 2.45) is 0 Å². The van der Waals surface area contributed by atoms with Gasteiger partial charge in [-0.1, -0.05) is 5.16 Å². The van der Waals surface area contributed by atoms with Crippen molar-refractivity contribution in [3.05, 3.63) is 24.0 Å². The van der Waals surface area contributed by atoms with Gasteiger partial charge in [-0.3, -0.25) is 0 Å². The van der Waals surface area contributed by atoms with E-state index in [9.17, 15) is 13.2 Å². The maximum absolute atomic E-state index is 12.7. The number of aromatic nitrogens is 4. The summed E-state index contributed by atoms with van der Waals surface area (Å²) in [6, 6.07) is 0.844. The van der Waals surface area contributed by atoms with Crippen molar-refractivity contribution in [2.75, 3.05) is 24.2 Å². The number of nitrogens with zero attached hydrogens (tertiary/aromatic N) is 4. The van der Waals surface area contributed by atoms with Crippen molar-refractivity contribution >= 4 is 11.8 Å². The molecule has 0 atom stereocenters. The second-order valence-corrected chi connectivity index (χ2v) is 3.73. The highest BCUT2D eigenvalue weighted by Gasteiger charge is 2.33. The summed E-state index contributed by atoms with van der Waals surface area (Å²) in [5, 5.41) is 8.83. The number of hydrogen-bond acceptors (Lipinski definition) is 7. The van der Waals surface area contributed by atoms with E-state index in [0.717, 1.165) is 6.07 Å². The largest absolute Gasteiger partial charge is 0.433 e. The van der Waals surface area contributed by atoms with E-state index >= 15 is 0 Å². The average molecular weight is 288 g/mol. The van der Waals surface area contributed by atoms with Gasteiger partial charge in [0.2, 0.25) is 12.3 Å². The molecule has 2 N–H and O–H groups in total. The van der Waals surface area contributed by atoms with Crippen molar-refractivity contribution in [3.8, 4) is 0 Å². The molecule has 0 aliphatic rings. The highest BCUT2D eigenvalue weighted by Crippen LogP contribution is 2.29. The van der Waals surface area contributed by atoms with Gasteiger partial charge in [-0.2, -0.15) is 23.1 Å². The van der Waals surface area contributed by atoms with Crippen LogP contribution in [-0.2, 0) is 12.6 Å². The second kappa shape index (κ2) is 5.72. The Morgan fingerprint density at radius 1 is 1.30 bits per heavy atom. The van der Waals surface area contributed by atoms with E-state index in [0.29, 0.717) is 18.8 Å². The smallest absolute Gasteiger partial charge is 0.369 e. The third kappa shape index (κ3) is 3.56. The van der Waals surface area contributed by atoms with Gasteiger partial charge in [0.05, 0.1) is 0 Å². The number of alkyl halides is 3. The molecule has 2 aromatic rings. The predicted octanol–water partition coefficient (Wildman–Crippen LogP) is 1.57. The summed E-state index contributed by atoms with van der Waals surface area (Å²) < 4.78 is 42.5. The Morgan fingerprint density at radius 3 is 2.70 bits per heavy atom. The van der Waals surface area contributed by atoms with E-state index < -0.39 is 11.9 Å². The van der Waals surface area contributed by atoms with E-state index in [2.05, 4.69) is 35.3 Å². The molecule has 0 radical (unpaired) electrons. The lowest BCUT2D eigenvalue weighted by Crippen LogP contribution is -2.14. The fourth-order valence-electron chi connectivity index (χ4n) is 1.40. The second-order valence-electron chi connectivity index (χ2n) is 3.73. The lowest BCUT2D eigenvalue weighted by molar-refractivity contribution is -0.141. The molecule has 0 fully saturated rings. The van der Waals surface area contributed by atoms with Gasteiger partial charge >= 0.3 is 6.18 Å². The molecule has 0 saturated heterocycles. The molecule has 0 bridgehead atoms. The van der Waals surface area contributed by atoms with Crippen LogP contribution in [0, 0.1) is 0 Å². The minimum absolute atomic E-state index is 0.0696. The Labute approximate surface area is 111 Å². The lowest BCUT2D eigenvalue weighted by Gasteiger charge is -2.11. The first-order chi connectivity index (χ1) is 9.49. The molecule has 0 saturated carbocycles. The van der Waals surface area contributed by atoms with E-state index in [4.69, 9.17) is 0 Å². The summed E-state index contributed by atoms with van der Waals surface area (Å²) in [6.07, 6.45) is -2.95. The fraction of sp³-hybridized carbons (Fsp3) is 0.400. The number of halogens is 3. The molecule has 7 nitrogen and oxygen atoms in total. The van der Waals surface area contributed by atoms with Crippen molar-refractivity contribution in [2.45, 2.75) is 12.6 Å². The molecule has 0 amide bonds. The first kappa shape index (κ1) is 14.0. The number of hydrogen-bond donors (Lipinski definition) is 2. The molecular weight excluding hydrogens is 277 g/mol. The highest BCUT2D eigenvalue weighted by molar-refractivity contribution is 5.42. The molecule has 0 aliphatic carbocycles. The molecule has 2 aromatic heterocycles. The lowest BCUT2D eigenvalue weighted by atomic mass is 10.3. The summed E-state index contributed by atoms with van der Waals surface area (Å²) in [6.45, 7) is 0.316. The molecule has 0 aliphatic heterocycles. The van der Waals surface area contributed by atoms with Gasteiger partial charge in [0.1, 0.15) is 5.82 Å². The van der Waals surface area contributed by atoms with Gasteiger partial charge in [-0.05, 0) is 0 Å². The quantitative estimate of drug-likeness (QED) is 0.863. The van der Waals surface area contributed by atoms with Crippen molar-refractivity contribution in [1.29, 1.82) is 0 Å². The van der Waals surface area contributed by atoms with Crippen LogP contribution in [0.5, 0.6) is 0 Å². The Kier molecular flexibility index (Phi) is 4.01. The minimum Gasteiger partial charge on any atom is -0.369 e. The topological polar surface area (TPSA) is 88.8 Å². The van der Waals surface area contributed by atoms with E-state index in [-0.39, 0.29) is 11.8 Å². The monoisotopic (exact) mass is 288 g/mol. The van der Waals surface area contributed by atoms with Crippen LogP contribution in [0.1, 0.15) is 11.5 Å². The molecule has 2 rings (SSSR count).